The van der Waals surface area contributed by atoms with Gasteiger partial charge in [0.15, 0.2) is 5.82 Å². The summed E-state index contributed by atoms with van der Waals surface area (Å²) in [7, 11) is 0. The second-order valence-corrected chi connectivity index (χ2v) is 6.21. The molecule has 20 heavy (non-hydrogen) atoms. The number of nitrogens with one attached hydrogen (secondary N) is 2. The highest BCUT2D eigenvalue weighted by atomic mass is 32.1. The van der Waals surface area contributed by atoms with Gasteiger partial charge in [0.05, 0.1) is 5.54 Å². The lowest BCUT2D eigenvalue weighted by Gasteiger charge is -2.23. The van der Waals surface area contributed by atoms with E-state index in [1.54, 1.807) is 12.3 Å². The minimum Gasteiger partial charge on any atom is -0.359 e. The van der Waals surface area contributed by atoms with Gasteiger partial charge in [0.25, 0.3) is 0 Å². The number of hydrogen-bond donors (Lipinski definition) is 2. The van der Waals surface area contributed by atoms with Crippen molar-refractivity contribution in [1.29, 1.82) is 0 Å². The average Bonchev–Trinajstić information content (AvgIpc) is 2.97. The van der Waals surface area contributed by atoms with Gasteiger partial charge in [-0.2, -0.15) is 0 Å². The van der Waals surface area contributed by atoms with Crippen molar-refractivity contribution in [2.24, 2.45) is 0 Å². The van der Waals surface area contributed by atoms with Crippen LogP contribution in [0.3, 0.4) is 0 Å². The van der Waals surface area contributed by atoms with E-state index >= 15 is 0 Å². The number of aromatic nitrogens is 2. The van der Waals surface area contributed by atoms with Gasteiger partial charge in [-0.25, -0.2) is 9.78 Å². The molecule has 2 amide bonds. The fourth-order valence-electron chi connectivity index (χ4n) is 1.64. The Morgan fingerprint density at radius 2 is 2.20 bits per heavy atom. The van der Waals surface area contributed by atoms with Gasteiger partial charge in [0, 0.05) is 23.6 Å². The number of urea groups is 1. The van der Waals surface area contributed by atoms with Gasteiger partial charge in [-0.3, -0.25) is 5.32 Å². The molecule has 2 heterocycles. The first-order valence-corrected chi connectivity index (χ1v) is 7.22. The second kappa shape index (κ2) is 5.62. The summed E-state index contributed by atoms with van der Waals surface area (Å²) in [6, 6.07) is 1.38. The number of anilines is 1. The van der Waals surface area contributed by atoms with Gasteiger partial charge in [-0.1, -0.05) is 19.0 Å². The van der Waals surface area contributed by atoms with Crippen LogP contribution < -0.4 is 10.6 Å². The third-order valence-electron chi connectivity index (χ3n) is 2.73. The molecule has 6 nitrogen and oxygen atoms in total. The summed E-state index contributed by atoms with van der Waals surface area (Å²) in [4.78, 5) is 16.2. The molecule has 0 saturated carbocycles. The lowest BCUT2D eigenvalue weighted by Crippen LogP contribution is -2.43. The van der Waals surface area contributed by atoms with E-state index in [1.165, 1.54) is 11.3 Å². The van der Waals surface area contributed by atoms with Gasteiger partial charge in [0.2, 0.25) is 0 Å². The maximum Gasteiger partial charge on any atom is 0.321 e. The summed E-state index contributed by atoms with van der Waals surface area (Å²) in [5.74, 6) is 1.37. The predicted octanol–water partition coefficient (Wildman–Crippen LogP) is 3.31. The first kappa shape index (κ1) is 14.5. The molecule has 2 N–H and O–H groups in total. The van der Waals surface area contributed by atoms with Crippen LogP contribution in [0.15, 0.2) is 22.2 Å². The van der Waals surface area contributed by atoms with Crippen LogP contribution in [0, 0.1) is 0 Å². The molecule has 0 aliphatic carbocycles. The summed E-state index contributed by atoms with van der Waals surface area (Å²) in [6.45, 7) is 7.79. The molecule has 2 aromatic rings. The van der Waals surface area contributed by atoms with Crippen molar-refractivity contribution in [2.45, 2.75) is 39.2 Å². The Labute approximate surface area is 121 Å². The molecule has 0 atom stereocenters. The van der Waals surface area contributed by atoms with E-state index in [9.17, 15) is 4.79 Å². The zero-order chi connectivity index (χ0) is 14.8. The predicted molar refractivity (Wildman–Crippen MR) is 77.9 cm³/mol. The molecule has 0 radical (unpaired) electrons. The Balaban J connectivity index is 1.98. The zero-order valence-corrected chi connectivity index (χ0v) is 12.7. The number of nitrogens with zero attached hydrogens (tertiary/aromatic N) is 2. The zero-order valence-electron chi connectivity index (χ0n) is 11.9. The van der Waals surface area contributed by atoms with Crippen molar-refractivity contribution in [3.8, 4) is 0 Å². The topological polar surface area (TPSA) is 80.0 Å². The van der Waals surface area contributed by atoms with Crippen LogP contribution in [0.2, 0.25) is 0 Å². The monoisotopic (exact) mass is 294 g/mol. The van der Waals surface area contributed by atoms with Gasteiger partial charge in [-0.05, 0) is 13.8 Å². The number of hydrogen-bond acceptors (Lipinski definition) is 5. The molecule has 0 spiro atoms. The SMILES string of the molecule is CC(C)c1cc(NC(=O)NC(C)(C)c2nccs2)no1. The Morgan fingerprint density at radius 1 is 1.45 bits per heavy atom. The van der Waals surface area contributed by atoms with Gasteiger partial charge < -0.3 is 9.84 Å². The summed E-state index contributed by atoms with van der Waals surface area (Å²) in [6.07, 6.45) is 1.72. The van der Waals surface area contributed by atoms with E-state index in [1.807, 2.05) is 33.1 Å². The maximum atomic E-state index is 12.0. The minimum absolute atomic E-state index is 0.230. The van der Waals surface area contributed by atoms with Crippen molar-refractivity contribution in [2.75, 3.05) is 5.32 Å². The van der Waals surface area contributed by atoms with E-state index in [4.69, 9.17) is 4.52 Å². The highest BCUT2D eigenvalue weighted by Gasteiger charge is 2.25. The van der Waals surface area contributed by atoms with E-state index in [2.05, 4.69) is 20.8 Å². The van der Waals surface area contributed by atoms with Gasteiger partial charge >= 0.3 is 6.03 Å². The van der Waals surface area contributed by atoms with Crippen LogP contribution in [0.25, 0.3) is 0 Å². The number of thiazole rings is 1. The van der Waals surface area contributed by atoms with Crippen molar-refractivity contribution in [3.05, 3.63) is 28.4 Å². The van der Waals surface area contributed by atoms with Gasteiger partial charge in [-0.15, -0.1) is 11.3 Å². The average molecular weight is 294 g/mol. The third-order valence-corrected chi connectivity index (χ3v) is 3.83. The molecule has 0 aliphatic rings. The quantitative estimate of drug-likeness (QED) is 0.906. The van der Waals surface area contributed by atoms with E-state index in [0.717, 1.165) is 10.8 Å². The van der Waals surface area contributed by atoms with E-state index in [-0.39, 0.29) is 11.9 Å². The van der Waals surface area contributed by atoms with Crippen LogP contribution in [0.5, 0.6) is 0 Å². The first-order chi connectivity index (χ1) is 9.38. The summed E-state index contributed by atoms with van der Waals surface area (Å²) in [5, 5.41) is 12.1. The third kappa shape index (κ3) is 3.36. The number of rotatable bonds is 4. The van der Waals surface area contributed by atoms with E-state index in [0.29, 0.717) is 5.82 Å². The Kier molecular flexibility index (Phi) is 4.08. The highest BCUT2D eigenvalue weighted by Crippen LogP contribution is 2.22. The summed E-state index contributed by atoms with van der Waals surface area (Å²) >= 11 is 1.50. The summed E-state index contributed by atoms with van der Waals surface area (Å²) < 4.78 is 5.13. The largest absolute Gasteiger partial charge is 0.359 e. The van der Waals surface area contributed by atoms with Crippen molar-refractivity contribution >= 4 is 23.2 Å². The molecule has 0 fully saturated rings. The number of carbonyl (C=O) groups is 1. The van der Waals surface area contributed by atoms with Crippen LogP contribution >= 0.6 is 11.3 Å². The van der Waals surface area contributed by atoms with Crippen LogP contribution in [-0.2, 0) is 5.54 Å². The normalized spacial score (nSPS) is 11.7. The second-order valence-electron chi connectivity index (χ2n) is 5.31. The van der Waals surface area contributed by atoms with Crippen molar-refractivity contribution in [3.63, 3.8) is 0 Å². The minimum atomic E-state index is -0.539. The van der Waals surface area contributed by atoms with Crippen LogP contribution in [0.1, 0.15) is 44.4 Å². The molecule has 0 aromatic carbocycles. The number of amides is 2. The molecular weight excluding hydrogens is 276 g/mol. The summed E-state index contributed by atoms with van der Waals surface area (Å²) in [5.41, 5.74) is -0.539. The fraction of sp³-hybridized carbons (Fsp3) is 0.462. The molecular formula is C13H18N4O2S. The molecule has 0 bridgehead atoms. The molecule has 108 valence electrons. The lowest BCUT2D eigenvalue weighted by atomic mass is 10.1. The van der Waals surface area contributed by atoms with Crippen molar-refractivity contribution in [1.82, 2.24) is 15.5 Å². The highest BCUT2D eigenvalue weighted by molar-refractivity contribution is 7.09. The maximum absolute atomic E-state index is 12.0. The Hall–Kier alpha value is -1.89. The standard InChI is InChI=1S/C13H18N4O2S/c1-8(2)9-7-10(17-19-9)15-12(18)16-13(3,4)11-14-5-6-20-11/h5-8H,1-4H3,(H2,15,16,17,18). The molecule has 0 saturated heterocycles. The molecule has 2 aromatic heterocycles. The van der Waals surface area contributed by atoms with Gasteiger partial charge in [0.1, 0.15) is 10.8 Å². The fourth-order valence-corrected chi connectivity index (χ4v) is 2.36. The van der Waals surface area contributed by atoms with Crippen molar-refractivity contribution < 1.29 is 9.32 Å². The molecule has 0 unspecified atom stereocenters. The molecule has 2 rings (SSSR count). The lowest BCUT2D eigenvalue weighted by molar-refractivity contribution is 0.241. The van der Waals surface area contributed by atoms with Crippen LogP contribution in [0.4, 0.5) is 10.6 Å². The Morgan fingerprint density at radius 3 is 2.75 bits per heavy atom. The van der Waals surface area contributed by atoms with Crippen LogP contribution in [-0.4, -0.2) is 16.2 Å². The molecule has 7 heteroatoms. The smallest absolute Gasteiger partial charge is 0.321 e. The molecule has 0 aliphatic heterocycles. The van der Waals surface area contributed by atoms with E-state index < -0.39 is 5.54 Å². The first-order valence-electron chi connectivity index (χ1n) is 6.34. The number of carbonyl (C=O) groups excluding carboxylic acids is 1. The Bertz CT molecular complexity index is 575.